The molecule has 2 N–H and O–H groups in total. The summed E-state index contributed by atoms with van der Waals surface area (Å²) in [7, 11) is 1.90. The minimum absolute atomic E-state index is 0.181. The number of halogens is 1. The molecule has 0 atom stereocenters. The molecule has 78 valence electrons. The van der Waals surface area contributed by atoms with Crippen LogP contribution in [0.5, 0.6) is 0 Å². The molecule has 0 unspecified atom stereocenters. The second-order valence-electron chi connectivity index (χ2n) is 2.82. The second-order valence-corrected chi connectivity index (χ2v) is 4.12. The SMILES string of the molecule is Cn1ccnc1Sc1nc(Cl)ncc1N. The first-order chi connectivity index (χ1) is 7.16. The van der Waals surface area contributed by atoms with Crippen molar-refractivity contribution in [3.63, 3.8) is 0 Å². The molecule has 5 nitrogen and oxygen atoms in total. The van der Waals surface area contributed by atoms with E-state index in [1.807, 2.05) is 17.8 Å². The van der Waals surface area contributed by atoms with Gasteiger partial charge in [0.05, 0.1) is 11.9 Å². The Kier molecular flexibility index (Phi) is 2.79. The highest BCUT2D eigenvalue weighted by atomic mass is 35.5. The predicted molar refractivity (Wildman–Crippen MR) is 58.8 cm³/mol. The Morgan fingerprint density at radius 2 is 2.27 bits per heavy atom. The lowest BCUT2D eigenvalue weighted by molar-refractivity contribution is 0.788. The highest BCUT2D eigenvalue weighted by Crippen LogP contribution is 2.28. The number of aromatic nitrogens is 4. The summed E-state index contributed by atoms with van der Waals surface area (Å²) in [6.07, 6.45) is 5.04. The summed E-state index contributed by atoms with van der Waals surface area (Å²) in [5.41, 5.74) is 6.21. The number of nitrogen functional groups attached to an aromatic ring is 1. The lowest BCUT2D eigenvalue weighted by atomic mass is 10.6. The van der Waals surface area contributed by atoms with Crippen molar-refractivity contribution >= 4 is 29.1 Å². The molecule has 0 radical (unpaired) electrons. The Labute approximate surface area is 95.7 Å². The van der Waals surface area contributed by atoms with Crippen molar-refractivity contribution in [2.75, 3.05) is 5.73 Å². The molecular formula is C8H8ClN5S. The van der Waals surface area contributed by atoms with Gasteiger partial charge in [-0.15, -0.1) is 0 Å². The summed E-state index contributed by atoms with van der Waals surface area (Å²) in [5, 5.41) is 1.60. The highest BCUT2D eigenvalue weighted by molar-refractivity contribution is 7.99. The van der Waals surface area contributed by atoms with E-state index in [-0.39, 0.29) is 5.28 Å². The fourth-order valence-electron chi connectivity index (χ4n) is 0.974. The number of anilines is 1. The monoisotopic (exact) mass is 241 g/mol. The van der Waals surface area contributed by atoms with Crippen LogP contribution in [0.4, 0.5) is 5.69 Å². The Balaban J connectivity index is 2.32. The number of hydrogen-bond acceptors (Lipinski definition) is 5. The zero-order valence-electron chi connectivity index (χ0n) is 7.88. The van der Waals surface area contributed by atoms with Gasteiger partial charge in [-0.25, -0.2) is 15.0 Å². The molecule has 2 rings (SSSR count). The summed E-state index contributed by atoms with van der Waals surface area (Å²) in [6.45, 7) is 0. The van der Waals surface area contributed by atoms with Crippen molar-refractivity contribution in [2.24, 2.45) is 7.05 Å². The van der Waals surface area contributed by atoms with E-state index in [1.54, 1.807) is 6.20 Å². The molecule has 0 saturated heterocycles. The van der Waals surface area contributed by atoms with Crippen LogP contribution in [0.3, 0.4) is 0 Å². The van der Waals surface area contributed by atoms with E-state index < -0.39 is 0 Å². The lowest BCUT2D eigenvalue weighted by Gasteiger charge is -2.03. The molecule has 0 aliphatic heterocycles. The van der Waals surface area contributed by atoms with Gasteiger partial charge in [-0.05, 0) is 23.4 Å². The van der Waals surface area contributed by atoms with Crippen LogP contribution in [0.2, 0.25) is 5.28 Å². The van der Waals surface area contributed by atoms with Gasteiger partial charge in [0.15, 0.2) is 5.16 Å². The summed E-state index contributed by atoms with van der Waals surface area (Å²) in [4.78, 5) is 12.0. The summed E-state index contributed by atoms with van der Waals surface area (Å²) in [5.74, 6) is 0. The molecule has 0 fully saturated rings. The van der Waals surface area contributed by atoms with E-state index in [9.17, 15) is 0 Å². The Bertz CT molecular complexity index is 484. The van der Waals surface area contributed by atoms with E-state index in [0.717, 1.165) is 5.16 Å². The van der Waals surface area contributed by atoms with Gasteiger partial charge in [-0.2, -0.15) is 0 Å². The maximum Gasteiger partial charge on any atom is 0.223 e. The number of rotatable bonds is 2. The third-order valence-electron chi connectivity index (χ3n) is 1.72. The predicted octanol–water partition coefficient (Wildman–Crippen LogP) is 1.60. The topological polar surface area (TPSA) is 69.6 Å². The van der Waals surface area contributed by atoms with Crippen molar-refractivity contribution in [1.82, 2.24) is 19.5 Å². The number of nitrogens with two attached hydrogens (primary N) is 1. The van der Waals surface area contributed by atoms with Crippen LogP contribution >= 0.6 is 23.4 Å². The quantitative estimate of drug-likeness (QED) is 0.639. The van der Waals surface area contributed by atoms with E-state index in [1.165, 1.54) is 18.0 Å². The van der Waals surface area contributed by atoms with Crippen molar-refractivity contribution in [3.05, 3.63) is 23.9 Å². The van der Waals surface area contributed by atoms with E-state index in [2.05, 4.69) is 15.0 Å². The molecule has 7 heteroatoms. The van der Waals surface area contributed by atoms with Crippen LogP contribution in [-0.2, 0) is 7.05 Å². The second kappa shape index (κ2) is 4.08. The third kappa shape index (κ3) is 2.21. The maximum atomic E-state index is 5.71. The molecule has 0 bridgehead atoms. The number of aryl methyl sites for hydroxylation is 1. The van der Waals surface area contributed by atoms with E-state index in [0.29, 0.717) is 10.7 Å². The first-order valence-corrected chi connectivity index (χ1v) is 5.29. The molecule has 0 amide bonds. The molecule has 2 aromatic heterocycles. The van der Waals surface area contributed by atoms with Gasteiger partial charge in [0.25, 0.3) is 0 Å². The van der Waals surface area contributed by atoms with Crippen molar-refractivity contribution < 1.29 is 0 Å². The van der Waals surface area contributed by atoms with E-state index >= 15 is 0 Å². The Hall–Kier alpha value is -1.27. The van der Waals surface area contributed by atoms with Crippen LogP contribution < -0.4 is 5.73 Å². The average Bonchev–Trinajstić information content (AvgIpc) is 2.58. The Morgan fingerprint density at radius 3 is 2.93 bits per heavy atom. The molecule has 2 heterocycles. The van der Waals surface area contributed by atoms with E-state index in [4.69, 9.17) is 17.3 Å². The van der Waals surface area contributed by atoms with Gasteiger partial charge >= 0.3 is 0 Å². The van der Waals surface area contributed by atoms with Gasteiger partial charge in [-0.1, -0.05) is 0 Å². The van der Waals surface area contributed by atoms with Crippen molar-refractivity contribution in [2.45, 2.75) is 10.2 Å². The minimum atomic E-state index is 0.181. The minimum Gasteiger partial charge on any atom is -0.395 e. The molecule has 0 aliphatic carbocycles. The number of hydrogen-bond donors (Lipinski definition) is 1. The molecule has 2 aromatic rings. The zero-order chi connectivity index (χ0) is 10.8. The smallest absolute Gasteiger partial charge is 0.223 e. The Morgan fingerprint density at radius 1 is 1.47 bits per heavy atom. The van der Waals surface area contributed by atoms with Gasteiger partial charge < -0.3 is 10.3 Å². The molecule has 15 heavy (non-hydrogen) atoms. The summed E-state index contributed by atoms with van der Waals surface area (Å²) < 4.78 is 1.88. The molecule has 0 aromatic carbocycles. The fraction of sp³-hybridized carbons (Fsp3) is 0.125. The first kappa shape index (κ1) is 10.3. The normalized spacial score (nSPS) is 10.5. The number of nitrogens with zero attached hydrogens (tertiary/aromatic N) is 4. The van der Waals surface area contributed by atoms with Gasteiger partial charge in [0, 0.05) is 19.4 Å². The zero-order valence-corrected chi connectivity index (χ0v) is 9.46. The molecular weight excluding hydrogens is 234 g/mol. The lowest BCUT2D eigenvalue weighted by Crippen LogP contribution is -1.96. The number of imidazole rings is 1. The summed E-state index contributed by atoms with van der Waals surface area (Å²) >= 11 is 7.03. The van der Waals surface area contributed by atoms with Crippen LogP contribution in [0.25, 0.3) is 0 Å². The van der Waals surface area contributed by atoms with Crippen LogP contribution in [0.1, 0.15) is 0 Å². The van der Waals surface area contributed by atoms with Gasteiger partial charge in [0.2, 0.25) is 5.28 Å². The van der Waals surface area contributed by atoms with Crippen LogP contribution in [0.15, 0.2) is 28.8 Å². The molecule has 0 aliphatic rings. The highest BCUT2D eigenvalue weighted by Gasteiger charge is 2.08. The van der Waals surface area contributed by atoms with Crippen LogP contribution in [0, 0.1) is 0 Å². The fourth-order valence-corrected chi connectivity index (χ4v) is 1.95. The third-order valence-corrected chi connectivity index (χ3v) is 2.99. The van der Waals surface area contributed by atoms with Crippen molar-refractivity contribution in [1.29, 1.82) is 0 Å². The van der Waals surface area contributed by atoms with Gasteiger partial charge in [0.1, 0.15) is 5.03 Å². The molecule has 0 spiro atoms. The first-order valence-electron chi connectivity index (χ1n) is 4.10. The van der Waals surface area contributed by atoms with Gasteiger partial charge in [-0.3, -0.25) is 0 Å². The molecule has 0 saturated carbocycles. The largest absolute Gasteiger partial charge is 0.395 e. The standard InChI is InChI=1S/C8H8ClN5S/c1-14-3-2-11-8(14)15-6-5(10)4-12-7(9)13-6/h2-4H,10H2,1H3. The maximum absolute atomic E-state index is 5.71. The summed E-state index contributed by atoms with van der Waals surface area (Å²) in [6, 6.07) is 0. The van der Waals surface area contributed by atoms with Crippen molar-refractivity contribution in [3.8, 4) is 0 Å². The van der Waals surface area contributed by atoms with Crippen LogP contribution in [-0.4, -0.2) is 19.5 Å². The average molecular weight is 242 g/mol.